The van der Waals surface area contributed by atoms with Gasteiger partial charge in [-0.1, -0.05) is 12.8 Å². The fourth-order valence-electron chi connectivity index (χ4n) is 2.82. The summed E-state index contributed by atoms with van der Waals surface area (Å²) in [7, 11) is 2.01. The summed E-state index contributed by atoms with van der Waals surface area (Å²) in [5.74, 6) is 0.790. The molecule has 0 aromatic heterocycles. The van der Waals surface area contributed by atoms with Gasteiger partial charge in [0.15, 0.2) is 0 Å². The first kappa shape index (κ1) is 10.9. The first-order valence-electron chi connectivity index (χ1n) is 6.27. The maximum absolute atomic E-state index is 12.1. The van der Waals surface area contributed by atoms with Crippen LogP contribution in [0.25, 0.3) is 0 Å². The predicted octanol–water partition coefficient (Wildman–Crippen LogP) is 1.39. The second-order valence-electron chi connectivity index (χ2n) is 4.87. The molecule has 3 nitrogen and oxygen atoms in total. The van der Waals surface area contributed by atoms with E-state index in [1.807, 2.05) is 7.05 Å². The van der Waals surface area contributed by atoms with Crippen molar-refractivity contribution in [2.75, 3.05) is 20.1 Å². The Morgan fingerprint density at radius 2 is 1.73 bits per heavy atom. The number of piperidine rings is 1. The normalized spacial score (nSPS) is 24.7. The maximum Gasteiger partial charge on any atom is 0.225 e. The Morgan fingerprint density at radius 1 is 1.13 bits per heavy atom. The number of hydrogen-bond acceptors (Lipinski definition) is 2. The number of carbonyl (C=O) groups excluding carboxylic acids is 1. The lowest BCUT2D eigenvalue weighted by Gasteiger charge is -2.33. The molecule has 1 aliphatic heterocycles. The van der Waals surface area contributed by atoms with Crippen LogP contribution in [-0.4, -0.2) is 37.0 Å². The van der Waals surface area contributed by atoms with Crippen molar-refractivity contribution in [3.63, 3.8) is 0 Å². The molecule has 0 unspecified atom stereocenters. The van der Waals surface area contributed by atoms with Crippen molar-refractivity contribution in [1.82, 2.24) is 10.2 Å². The standard InChI is InChI=1S/C12H22N2O/c1-13-11-6-8-14(9-7-11)12(15)10-4-2-3-5-10/h10-11,13H,2-9H2,1H3. The van der Waals surface area contributed by atoms with Gasteiger partial charge in [0.1, 0.15) is 0 Å². The summed E-state index contributed by atoms with van der Waals surface area (Å²) < 4.78 is 0. The fourth-order valence-corrected chi connectivity index (χ4v) is 2.82. The van der Waals surface area contributed by atoms with Gasteiger partial charge in [0, 0.05) is 25.0 Å². The zero-order valence-electron chi connectivity index (χ0n) is 9.67. The lowest BCUT2D eigenvalue weighted by atomic mass is 10.0. The number of rotatable bonds is 2. The van der Waals surface area contributed by atoms with E-state index in [2.05, 4.69) is 10.2 Å². The second kappa shape index (κ2) is 4.97. The van der Waals surface area contributed by atoms with Crippen LogP contribution in [0.15, 0.2) is 0 Å². The van der Waals surface area contributed by atoms with E-state index in [1.54, 1.807) is 0 Å². The highest BCUT2D eigenvalue weighted by atomic mass is 16.2. The van der Waals surface area contributed by atoms with Crippen LogP contribution in [0, 0.1) is 5.92 Å². The molecule has 0 aromatic rings. The molecule has 1 heterocycles. The molecule has 86 valence electrons. The zero-order chi connectivity index (χ0) is 10.7. The van der Waals surface area contributed by atoms with Gasteiger partial charge in [-0.2, -0.15) is 0 Å². The average Bonchev–Trinajstić information content (AvgIpc) is 2.82. The van der Waals surface area contributed by atoms with Gasteiger partial charge in [0.05, 0.1) is 0 Å². The Balaban J connectivity index is 1.81. The van der Waals surface area contributed by atoms with E-state index in [4.69, 9.17) is 0 Å². The lowest BCUT2D eigenvalue weighted by molar-refractivity contribution is -0.136. The monoisotopic (exact) mass is 210 g/mol. The highest BCUT2D eigenvalue weighted by molar-refractivity contribution is 5.79. The van der Waals surface area contributed by atoms with Crippen LogP contribution in [0.5, 0.6) is 0 Å². The third kappa shape index (κ3) is 2.51. The largest absolute Gasteiger partial charge is 0.342 e. The molecular weight excluding hydrogens is 188 g/mol. The van der Waals surface area contributed by atoms with Gasteiger partial charge in [0.2, 0.25) is 5.91 Å². The molecule has 2 aliphatic rings. The Bertz CT molecular complexity index is 216. The van der Waals surface area contributed by atoms with Crippen LogP contribution in [0.2, 0.25) is 0 Å². The number of hydrogen-bond donors (Lipinski definition) is 1. The third-order valence-corrected chi connectivity index (χ3v) is 3.92. The molecule has 0 atom stereocenters. The minimum Gasteiger partial charge on any atom is -0.342 e. The topological polar surface area (TPSA) is 32.3 Å². The van der Waals surface area contributed by atoms with Gasteiger partial charge < -0.3 is 10.2 Å². The van der Waals surface area contributed by atoms with Crippen LogP contribution in [-0.2, 0) is 4.79 Å². The summed E-state index contributed by atoms with van der Waals surface area (Å²) in [6, 6.07) is 0.623. The Kier molecular flexibility index (Phi) is 3.62. The molecule has 0 radical (unpaired) electrons. The molecule has 2 rings (SSSR count). The van der Waals surface area contributed by atoms with E-state index < -0.39 is 0 Å². The minimum atomic E-state index is 0.358. The van der Waals surface area contributed by atoms with E-state index in [-0.39, 0.29) is 0 Å². The number of amides is 1. The molecular formula is C12H22N2O. The van der Waals surface area contributed by atoms with Crippen molar-refractivity contribution in [3.8, 4) is 0 Å². The smallest absolute Gasteiger partial charge is 0.225 e. The first-order valence-corrected chi connectivity index (χ1v) is 6.27. The van der Waals surface area contributed by atoms with E-state index in [1.165, 1.54) is 12.8 Å². The highest BCUT2D eigenvalue weighted by Crippen LogP contribution is 2.27. The molecule has 0 bridgehead atoms. The SMILES string of the molecule is CNC1CCN(C(=O)C2CCCC2)CC1. The molecule has 1 aliphatic carbocycles. The molecule has 2 fully saturated rings. The van der Waals surface area contributed by atoms with Crippen LogP contribution in [0.4, 0.5) is 0 Å². The van der Waals surface area contributed by atoms with E-state index in [0.717, 1.165) is 38.8 Å². The average molecular weight is 210 g/mol. The third-order valence-electron chi connectivity index (χ3n) is 3.92. The number of nitrogens with one attached hydrogen (secondary N) is 1. The molecule has 3 heteroatoms. The molecule has 1 saturated heterocycles. The Hall–Kier alpha value is -0.570. The van der Waals surface area contributed by atoms with Crippen molar-refractivity contribution >= 4 is 5.91 Å². The van der Waals surface area contributed by atoms with Gasteiger partial charge in [-0.25, -0.2) is 0 Å². The van der Waals surface area contributed by atoms with Gasteiger partial charge in [-0.3, -0.25) is 4.79 Å². The molecule has 0 spiro atoms. The van der Waals surface area contributed by atoms with Crippen LogP contribution >= 0.6 is 0 Å². The maximum atomic E-state index is 12.1. The summed E-state index contributed by atoms with van der Waals surface area (Å²) in [6.45, 7) is 1.92. The van der Waals surface area contributed by atoms with Crippen molar-refractivity contribution < 1.29 is 4.79 Å². The van der Waals surface area contributed by atoms with Gasteiger partial charge in [-0.15, -0.1) is 0 Å². The van der Waals surface area contributed by atoms with Crippen LogP contribution in [0.1, 0.15) is 38.5 Å². The van der Waals surface area contributed by atoms with Crippen molar-refractivity contribution in [3.05, 3.63) is 0 Å². The van der Waals surface area contributed by atoms with Gasteiger partial charge >= 0.3 is 0 Å². The molecule has 1 saturated carbocycles. The molecule has 0 aromatic carbocycles. The van der Waals surface area contributed by atoms with Crippen molar-refractivity contribution in [2.45, 2.75) is 44.6 Å². The summed E-state index contributed by atoms with van der Waals surface area (Å²) in [5, 5.41) is 3.29. The zero-order valence-corrected chi connectivity index (χ0v) is 9.67. The number of carbonyl (C=O) groups is 1. The minimum absolute atomic E-state index is 0.358. The van der Waals surface area contributed by atoms with Gasteiger partial charge in [-0.05, 0) is 32.7 Å². The van der Waals surface area contributed by atoms with E-state index >= 15 is 0 Å². The number of nitrogens with zero attached hydrogens (tertiary/aromatic N) is 1. The summed E-state index contributed by atoms with van der Waals surface area (Å²) >= 11 is 0. The van der Waals surface area contributed by atoms with Crippen molar-refractivity contribution in [2.24, 2.45) is 5.92 Å². The van der Waals surface area contributed by atoms with Crippen LogP contribution in [0.3, 0.4) is 0 Å². The second-order valence-corrected chi connectivity index (χ2v) is 4.87. The predicted molar refractivity (Wildman–Crippen MR) is 60.6 cm³/mol. The van der Waals surface area contributed by atoms with E-state index in [9.17, 15) is 4.79 Å². The quantitative estimate of drug-likeness (QED) is 0.747. The fraction of sp³-hybridized carbons (Fsp3) is 0.917. The highest BCUT2D eigenvalue weighted by Gasteiger charge is 2.29. The summed E-state index contributed by atoms with van der Waals surface area (Å²) in [4.78, 5) is 14.2. The van der Waals surface area contributed by atoms with E-state index in [0.29, 0.717) is 17.9 Å². The molecule has 1 amide bonds. The van der Waals surface area contributed by atoms with Crippen LogP contribution < -0.4 is 5.32 Å². The lowest BCUT2D eigenvalue weighted by Crippen LogP contribution is -2.45. The summed E-state index contributed by atoms with van der Waals surface area (Å²) in [6.07, 6.45) is 7.01. The molecule has 15 heavy (non-hydrogen) atoms. The molecule has 1 N–H and O–H groups in total. The Morgan fingerprint density at radius 3 is 2.27 bits per heavy atom. The van der Waals surface area contributed by atoms with Crippen molar-refractivity contribution in [1.29, 1.82) is 0 Å². The van der Waals surface area contributed by atoms with Gasteiger partial charge in [0.25, 0.3) is 0 Å². The first-order chi connectivity index (χ1) is 7.31. The number of likely N-dealkylation sites (tertiary alicyclic amines) is 1. The Labute approximate surface area is 92.2 Å². The summed E-state index contributed by atoms with van der Waals surface area (Å²) in [5.41, 5.74) is 0.